The highest BCUT2D eigenvalue weighted by Crippen LogP contribution is 2.22. The van der Waals surface area contributed by atoms with Crippen molar-refractivity contribution in [3.63, 3.8) is 0 Å². The number of aliphatic carboxylic acids is 1. The van der Waals surface area contributed by atoms with Gasteiger partial charge in [-0.2, -0.15) is 10.1 Å². The van der Waals surface area contributed by atoms with E-state index >= 15 is 0 Å². The summed E-state index contributed by atoms with van der Waals surface area (Å²) in [6.45, 7) is 2.25. The molecule has 3 amide bonds. The largest absolute Gasteiger partial charge is 0.481 e. The Labute approximate surface area is 295 Å². The molecular weight excluding hydrogens is 636 g/mol. The molecule has 1 unspecified atom stereocenters. The fourth-order valence-electron chi connectivity index (χ4n) is 6.04. The molecule has 0 bridgehead atoms. The maximum absolute atomic E-state index is 12.8. The molecule has 0 radical (unpaired) electrons. The number of amidine groups is 1. The molecule has 1 heterocycles. The van der Waals surface area contributed by atoms with Crippen LogP contribution in [0.4, 0.5) is 11.4 Å². The number of carboxylic acid groups (broad SMARTS) is 2. The summed E-state index contributed by atoms with van der Waals surface area (Å²) >= 11 is 0. The van der Waals surface area contributed by atoms with Crippen molar-refractivity contribution in [3.05, 3.63) is 59.7 Å². The SMILES string of the molecule is CCCCCCCCCCCCCCCCCCC(CC(=O)Nc1ccc(C(=O)NC2=NN(c3ccc(C(=O)O)cc3)C(=O)C2)cc1)C(=O)O. The topological polar surface area (TPSA) is 165 Å². The minimum Gasteiger partial charge on any atom is -0.481 e. The quantitative estimate of drug-likeness (QED) is 0.0801. The number of amides is 3. The van der Waals surface area contributed by atoms with Crippen molar-refractivity contribution in [3.8, 4) is 0 Å². The van der Waals surface area contributed by atoms with Crippen LogP contribution in [-0.2, 0) is 14.4 Å². The number of carbonyl (C=O) groups excluding carboxylic acids is 3. The molecule has 11 heteroatoms. The van der Waals surface area contributed by atoms with E-state index in [2.05, 4.69) is 22.7 Å². The lowest BCUT2D eigenvalue weighted by Gasteiger charge is -2.13. The minimum atomic E-state index is -1.09. The fourth-order valence-corrected chi connectivity index (χ4v) is 6.04. The minimum absolute atomic E-state index is 0.0739. The number of benzene rings is 2. The molecule has 3 rings (SSSR count). The van der Waals surface area contributed by atoms with Gasteiger partial charge in [0.05, 0.1) is 23.6 Å². The first-order chi connectivity index (χ1) is 24.2. The van der Waals surface area contributed by atoms with Gasteiger partial charge in [0.1, 0.15) is 5.84 Å². The average molecular weight is 691 g/mol. The summed E-state index contributed by atoms with van der Waals surface area (Å²) in [4.78, 5) is 60.7. The number of carboxylic acids is 2. The third-order valence-electron chi connectivity index (χ3n) is 9.01. The Kier molecular flexibility index (Phi) is 17.7. The van der Waals surface area contributed by atoms with E-state index in [1.807, 2.05) is 0 Å². The number of nitrogens with zero attached hydrogens (tertiary/aromatic N) is 2. The third kappa shape index (κ3) is 14.5. The molecule has 0 spiro atoms. The molecule has 0 fully saturated rings. The molecule has 0 aromatic heterocycles. The molecule has 1 aliphatic rings. The lowest BCUT2D eigenvalue weighted by molar-refractivity contribution is -0.143. The highest BCUT2D eigenvalue weighted by molar-refractivity contribution is 6.17. The molecule has 0 saturated carbocycles. The van der Waals surface area contributed by atoms with Crippen LogP contribution in [0.5, 0.6) is 0 Å². The van der Waals surface area contributed by atoms with Gasteiger partial charge in [-0.05, 0) is 55.0 Å². The van der Waals surface area contributed by atoms with Crippen LogP contribution in [0.15, 0.2) is 53.6 Å². The molecule has 4 N–H and O–H groups in total. The second-order valence-corrected chi connectivity index (χ2v) is 13.2. The number of hydrogen-bond donors (Lipinski definition) is 4. The molecular formula is C39H54N4O7. The molecule has 0 saturated heterocycles. The number of carbonyl (C=O) groups is 5. The van der Waals surface area contributed by atoms with Crippen LogP contribution in [0.3, 0.4) is 0 Å². The van der Waals surface area contributed by atoms with Crippen molar-refractivity contribution < 1.29 is 34.2 Å². The van der Waals surface area contributed by atoms with Crippen LogP contribution >= 0.6 is 0 Å². The zero-order valence-electron chi connectivity index (χ0n) is 29.5. The number of nitrogens with one attached hydrogen (secondary N) is 2. The molecule has 1 aliphatic heterocycles. The van der Waals surface area contributed by atoms with Crippen molar-refractivity contribution in [2.75, 3.05) is 10.3 Å². The van der Waals surface area contributed by atoms with Gasteiger partial charge in [-0.25, -0.2) is 4.79 Å². The highest BCUT2D eigenvalue weighted by Gasteiger charge is 2.27. The van der Waals surface area contributed by atoms with Crippen LogP contribution in [0, 0.1) is 5.92 Å². The van der Waals surface area contributed by atoms with Crippen molar-refractivity contribution >= 4 is 46.9 Å². The summed E-state index contributed by atoms with van der Waals surface area (Å²) in [6.07, 6.45) is 20.2. The molecule has 2 aromatic carbocycles. The van der Waals surface area contributed by atoms with Crippen molar-refractivity contribution in [1.82, 2.24) is 5.32 Å². The Morgan fingerprint density at radius 2 is 1.20 bits per heavy atom. The zero-order valence-corrected chi connectivity index (χ0v) is 29.5. The van der Waals surface area contributed by atoms with Crippen LogP contribution in [0.1, 0.15) is 150 Å². The maximum atomic E-state index is 12.8. The Hall–Kier alpha value is -4.54. The fraction of sp³-hybridized carbons (Fsp3) is 0.538. The van der Waals surface area contributed by atoms with E-state index in [9.17, 15) is 29.1 Å². The molecule has 272 valence electrons. The molecule has 50 heavy (non-hydrogen) atoms. The predicted octanol–water partition coefficient (Wildman–Crippen LogP) is 8.55. The van der Waals surface area contributed by atoms with E-state index in [-0.39, 0.29) is 35.7 Å². The number of hydrogen-bond acceptors (Lipinski definition) is 6. The van der Waals surface area contributed by atoms with Gasteiger partial charge in [0.2, 0.25) is 5.91 Å². The smallest absolute Gasteiger partial charge is 0.335 e. The number of rotatable bonds is 24. The normalized spacial score (nSPS) is 13.2. The first-order valence-corrected chi connectivity index (χ1v) is 18.4. The van der Waals surface area contributed by atoms with Gasteiger partial charge < -0.3 is 20.8 Å². The van der Waals surface area contributed by atoms with Crippen molar-refractivity contribution in [2.45, 2.75) is 129 Å². The van der Waals surface area contributed by atoms with E-state index in [1.54, 1.807) is 12.1 Å². The standard InChI is InChI=1S/C39H54N4O7/c1-2-3-4-5-6-7-8-9-10-11-12-13-14-15-16-17-18-31(39(49)50)27-35(44)40-32-23-19-29(20-24-32)37(46)41-34-28-36(45)43(42-34)33-25-21-30(22-26-33)38(47)48/h19-26,31H,2-18,27-28H2,1H3,(H,40,44)(H,47,48)(H,49,50)(H,41,42,46). The third-order valence-corrected chi connectivity index (χ3v) is 9.01. The van der Waals surface area contributed by atoms with Crippen LogP contribution < -0.4 is 15.6 Å². The molecule has 0 aliphatic carbocycles. The van der Waals surface area contributed by atoms with Gasteiger partial charge in [-0.1, -0.05) is 110 Å². The van der Waals surface area contributed by atoms with E-state index < -0.39 is 29.7 Å². The Morgan fingerprint density at radius 3 is 1.70 bits per heavy atom. The van der Waals surface area contributed by atoms with E-state index in [0.29, 0.717) is 17.8 Å². The second kappa shape index (κ2) is 22.2. The lowest BCUT2D eigenvalue weighted by Crippen LogP contribution is -2.29. The molecule has 1 atom stereocenters. The monoisotopic (exact) mass is 690 g/mol. The summed E-state index contributed by atoms with van der Waals surface area (Å²) in [5.74, 6) is -3.95. The van der Waals surface area contributed by atoms with Crippen LogP contribution in [-0.4, -0.2) is 45.7 Å². The van der Waals surface area contributed by atoms with Gasteiger partial charge in [-0.3, -0.25) is 19.2 Å². The first-order valence-electron chi connectivity index (χ1n) is 18.4. The molecule has 11 nitrogen and oxygen atoms in total. The lowest BCUT2D eigenvalue weighted by atomic mass is 9.96. The Morgan fingerprint density at radius 1 is 0.700 bits per heavy atom. The second-order valence-electron chi connectivity index (χ2n) is 13.2. The first kappa shape index (κ1) is 39.9. The number of aromatic carboxylic acids is 1. The zero-order chi connectivity index (χ0) is 36.1. The summed E-state index contributed by atoms with van der Waals surface area (Å²) in [7, 11) is 0. The molecule has 2 aromatic rings. The van der Waals surface area contributed by atoms with Crippen molar-refractivity contribution in [2.24, 2.45) is 11.0 Å². The van der Waals surface area contributed by atoms with Gasteiger partial charge in [0, 0.05) is 17.7 Å². The van der Waals surface area contributed by atoms with Crippen LogP contribution in [0.25, 0.3) is 0 Å². The summed E-state index contributed by atoms with van der Waals surface area (Å²) < 4.78 is 0. The van der Waals surface area contributed by atoms with E-state index in [4.69, 9.17) is 5.11 Å². The van der Waals surface area contributed by atoms with Gasteiger partial charge in [0.15, 0.2) is 0 Å². The average Bonchev–Trinajstić information content (AvgIpc) is 3.46. The number of unbranched alkanes of at least 4 members (excludes halogenated alkanes) is 15. The number of anilines is 2. The Bertz CT molecular complexity index is 1420. The van der Waals surface area contributed by atoms with E-state index in [0.717, 1.165) is 24.3 Å². The van der Waals surface area contributed by atoms with Gasteiger partial charge in [-0.15, -0.1) is 0 Å². The number of hydrazone groups is 1. The van der Waals surface area contributed by atoms with E-state index in [1.165, 1.54) is 120 Å². The summed E-state index contributed by atoms with van der Waals surface area (Å²) in [5, 5.41) is 29.3. The Balaban J connectivity index is 1.30. The van der Waals surface area contributed by atoms with Gasteiger partial charge >= 0.3 is 11.9 Å². The predicted molar refractivity (Wildman–Crippen MR) is 195 cm³/mol. The highest BCUT2D eigenvalue weighted by atomic mass is 16.4. The van der Waals surface area contributed by atoms with Crippen LogP contribution in [0.2, 0.25) is 0 Å². The maximum Gasteiger partial charge on any atom is 0.335 e. The van der Waals surface area contributed by atoms with Gasteiger partial charge in [0.25, 0.3) is 11.8 Å². The summed E-state index contributed by atoms with van der Waals surface area (Å²) in [6, 6.07) is 11.8. The van der Waals surface area contributed by atoms with Crippen molar-refractivity contribution in [1.29, 1.82) is 0 Å². The summed E-state index contributed by atoms with van der Waals surface area (Å²) in [5.41, 5.74) is 1.15.